The molecule has 0 bridgehead atoms. The highest BCUT2D eigenvalue weighted by Crippen LogP contribution is 2.40. The van der Waals surface area contributed by atoms with Crippen LogP contribution >= 0.6 is 0 Å². The molecule has 0 radical (unpaired) electrons. The van der Waals surface area contributed by atoms with Crippen molar-refractivity contribution in [2.45, 2.75) is 25.8 Å². The number of halogens is 1. The number of carbonyl (C=O) groups is 1. The number of nitrogens with zero attached hydrogens (tertiary/aromatic N) is 1. The predicted molar refractivity (Wildman–Crippen MR) is 80.0 cm³/mol. The lowest BCUT2D eigenvalue weighted by Crippen LogP contribution is -2.30. The van der Waals surface area contributed by atoms with E-state index in [1.165, 1.54) is 6.07 Å². The smallest absolute Gasteiger partial charge is 0.251 e. The lowest BCUT2D eigenvalue weighted by Gasteiger charge is -2.18. The van der Waals surface area contributed by atoms with Gasteiger partial charge in [-0.25, -0.2) is 4.39 Å². The van der Waals surface area contributed by atoms with Gasteiger partial charge in [-0.1, -0.05) is 6.07 Å². The van der Waals surface area contributed by atoms with E-state index in [1.54, 1.807) is 0 Å². The molecule has 3 rings (SSSR count). The van der Waals surface area contributed by atoms with E-state index in [4.69, 9.17) is 0 Å². The fraction of sp³-hybridized carbons (Fsp3) is 0.294. The molecule has 1 saturated carbocycles. The number of aryl methyl sites for hydroxylation is 1. The minimum absolute atomic E-state index is 0.153. The molecule has 1 atom stereocenters. The molecular formula is C17H17FN2O2. The first kappa shape index (κ1) is 14.5. The van der Waals surface area contributed by atoms with Crippen LogP contribution in [0.25, 0.3) is 0 Å². The van der Waals surface area contributed by atoms with Crippen LogP contribution in [0.1, 0.15) is 40.6 Å². The Morgan fingerprint density at radius 2 is 2.14 bits per heavy atom. The summed E-state index contributed by atoms with van der Waals surface area (Å²) in [5.41, 5.74) is 1.97. The predicted octanol–water partition coefficient (Wildman–Crippen LogP) is 3.12. The minimum atomic E-state index is -0.740. The molecule has 1 fully saturated rings. The van der Waals surface area contributed by atoms with Crippen molar-refractivity contribution in [3.63, 3.8) is 0 Å². The zero-order valence-electron chi connectivity index (χ0n) is 12.2. The number of nitrogens with one attached hydrogen (secondary N) is 1. The van der Waals surface area contributed by atoms with Gasteiger partial charge in [-0.15, -0.1) is 0 Å². The highest BCUT2D eigenvalue weighted by molar-refractivity contribution is 5.94. The maximum Gasteiger partial charge on any atom is 0.251 e. The number of amides is 1. The van der Waals surface area contributed by atoms with Crippen LogP contribution in [0.15, 0.2) is 36.4 Å². The van der Waals surface area contributed by atoms with Crippen LogP contribution in [0.3, 0.4) is 0 Å². The van der Waals surface area contributed by atoms with Crippen molar-refractivity contribution in [1.82, 2.24) is 10.3 Å². The lowest BCUT2D eigenvalue weighted by atomic mass is 10.1. The average Bonchev–Trinajstić information content (AvgIpc) is 3.32. The van der Waals surface area contributed by atoms with Crippen LogP contribution < -0.4 is 5.32 Å². The van der Waals surface area contributed by atoms with E-state index in [9.17, 15) is 14.3 Å². The van der Waals surface area contributed by atoms with E-state index >= 15 is 0 Å². The Balaban J connectivity index is 1.82. The zero-order valence-corrected chi connectivity index (χ0v) is 12.2. The third kappa shape index (κ3) is 3.08. The number of pyridine rings is 1. The monoisotopic (exact) mass is 300 g/mol. The highest BCUT2D eigenvalue weighted by Gasteiger charge is 2.34. The van der Waals surface area contributed by atoms with Gasteiger partial charge in [0.25, 0.3) is 5.91 Å². The van der Waals surface area contributed by atoms with Gasteiger partial charge in [0, 0.05) is 11.3 Å². The number of hydrogen-bond acceptors (Lipinski definition) is 3. The number of hydrogen-bond donors (Lipinski definition) is 2. The van der Waals surface area contributed by atoms with Gasteiger partial charge in [0.05, 0.1) is 11.7 Å². The molecule has 1 heterocycles. The van der Waals surface area contributed by atoms with Gasteiger partial charge in [-0.3, -0.25) is 9.78 Å². The van der Waals surface area contributed by atoms with E-state index in [0.717, 1.165) is 36.4 Å². The van der Waals surface area contributed by atoms with Crippen molar-refractivity contribution in [2.75, 3.05) is 0 Å². The molecule has 2 aromatic rings. The molecule has 0 saturated heterocycles. The van der Waals surface area contributed by atoms with Crippen LogP contribution in [0.4, 0.5) is 4.39 Å². The molecule has 1 amide bonds. The number of aromatic nitrogens is 1. The summed E-state index contributed by atoms with van der Waals surface area (Å²) < 4.78 is 13.1. The summed E-state index contributed by atoms with van der Waals surface area (Å²) >= 11 is 0. The summed E-state index contributed by atoms with van der Waals surface area (Å²) in [5.74, 6) is -1.22. The molecule has 1 aromatic heterocycles. The van der Waals surface area contributed by atoms with Gasteiger partial charge >= 0.3 is 0 Å². The molecular weight excluding hydrogens is 283 g/mol. The first-order chi connectivity index (χ1) is 10.5. The quantitative estimate of drug-likeness (QED) is 0.912. The summed E-state index contributed by atoms with van der Waals surface area (Å²) in [7, 11) is 0. The highest BCUT2D eigenvalue weighted by atomic mass is 19.1. The molecule has 4 nitrogen and oxygen atoms in total. The van der Waals surface area contributed by atoms with Crippen LogP contribution in [0.5, 0.6) is 5.75 Å². The van der Waals surface area contributed by atoms with Crippen molar-refractivity contribution in [1.29, 1.82) is 0 Å². The molecule has 5 heteroatoms. The number of phenolic OH excluding ortho intramolecular Hbond substituents is 1. The topological polar surface area (TPSA) is 62.2 Å². The number of rotatable bonds is 4. The first-order valence-corrected chi connectivity index (χ1v) is 7.27. The summed E-state index contributed by atoms with van der Waals surface area (Å²) in [4.78, 5) is 16.8. The Kier molecular flexibility index (Phi) is 3.79. The van der Waals surface area contributed by atoms with Gasteiger partial charge in [0.1, 0.15) is 0 Å². The molecule has 0 spiro atoms. The third-order valence-electron chi connectivity index (χ3n) is 3.82. The molecule has 2 N–H and O–H groups in total. The van der Waals surface area contributed by atoms with Gasteiger partial charge in [-0.2, -0.15) is 0 Å². The molecule has 1 aliphatic carbocycles. The van der Waals surface area contributed by atoms with E-state index in [2.05, 4.69) is 10.3 Å². The maximum absolute atomic E-state index is 13.1. The van der Waals surface area contributed by atoms with Gasteiger partial charge in [0.15, 0.2) is 11.6 Å². The minimum Gasteiger partial charge on any atom is -0.505 e. The van der Waals surface area contributed by atoms with Crippen LogP contribution in [-0.2, 0) is 0 Å². The Hall–Kier alpha value is -2.43. The maximum atomic E-state index is 13.1. The molecule has 1 aromatic carbocycles. The van der Waals surface area contributed by atoms with Crippen LogP contribution in [0, 0.1) is 18.7 Å². The Morgan fingerprint density at radius 3 is 2.77 bits per heavy atom. The number of aromatic hydroxyl groups is 1. The molecule has 114 valence electrons. The lowest BCUT2D eigenvalue weighted by molar-refractivity contribution is 0.0930. The molecule has 1 aliphatic rings. The summed E-state index contributed by atoms with van der Waals surface area (Å²) in [5, 5.41) is 12.3. The summed E-state index contributed by atoms with van der Waals surface area (Å²) in [6, 6.07) is 9.16. The van der Waals surface area contributed by atoms with Gasteiger partial charge < -0.3 is 10.4 Å². The second-order valence-corrected chi connectivity index (χ2v) is 5.66. The van der Waals surface area contributed by atoms with E-state index in [1.807, 2.05) is 25.1 Å². The zero-order chi connectivity index (χ0) is 15.7. The normalized spacial score (nSPS) is 15.4. The Morgan fingerprint density at radius 1 is 1.36 bits per heavy atom. The summed E-state index contributed by atoms with van der Waals surface area (Å²) in [6.07, 6.45) is 2.10. The standard InChI is InChI=1S/C17H17FN2O2/c1-10-3-2-4-14(19-10)16(11-5-6-11)20-17(22)12-7-8-13(18)15(21)9-12/h2-4,7-9,11,16,21H,5-6H2,1H3,(H,20,22). The summed E-state index contributed by atoms with van der Waals surface area (Å²) in [6.45, 7) is 1.91. The van der Waals surface area contributed by atoms with Crippen molar-refractivity contribution >= 4 is 5.91 Å². The van der Waals surface area contributed by atoms with E-state index in [0.29, 0.717) is 5.92 Å². The van der Waals surface area contributed by atoms with Crippen LogP contribution in [0.2, 0.25) is 0 Å². The Labute approximate surface area is 128 Å². The number of phenols is 1. The first-order valence-electron chi connectivity index (χ1n) is 7.27. The van der Waals surface area contributed by atoms with E-state index < -0.39 is 11.6 Å². The number of carbonyl (C=O) groups excluding carboxylic acids is 1. The van der Waals surface area contributed by atoms with E-state index in [-0.39, 0.29) is 17.5 Å². The molecule has 0 aliphatic heterocycles. The SMILES string of the molecule is Cc1cccc(C(NC(=O)c2ccc(F)c(O)c2)C2CC2)n1. The largest absolute Gasteiger partial charge is 0.505 e. The van der Waals surface area contributed by atoms with Gasteiger partial charge in [-0.05, 0) is 56.0 Å². The fourth-order valence-corrected chi connectivity index (χ4v) is 2.48. The average molecular weight is 300 g/mol. The van der Waals surface area contributed by atoms with Crippen molar-refractivity contribution in [2.24, 2.45) is 5.92 Å². The second kappa shape index (κ2) is 5.75. The van der Waals surface area contributed by atoms with Gasteiger partial charge in [0.2, 0.25) is 0 Å². The van der Waals surface area contributed by atoms with Crippen LogP contribution in [-0.4, -0.2) is 16.0 Å². The second-order valence-electron chi connectivity index (χ2n) is 5.66. The number of benzene rings is 1. The third-order valence-corrected chi connectivity index (χ3v) is 3.82. The molecule has 22 heavy (non-hydrogen) atoms. The van der Waals surface area contributed by atoms with Crippen molar-refractivity contribution in [3.8, 4) is 5.75 Å². The molecule has 1 unspecified atom stereocenters. The Bertz CT molecular complexity index is 714. The fourth-order valence-electron chi connectivity index (χ4n) is 2.48. The van der Waals surface area contributed by atoms with Crippen molar-refractivity contribution < 1.29 is 14.3 Å². The van der Waals surface area contributed by atoms with Crippen molar-refractivity contribution in [3.05, 3.63) is 59.2 Å².